The van der Waals surface area contributed by atoms with Crippen molar-refractivity contribution in [3.05, 3.63) is 58.3 Å². The highest BCUT2D eigenvalue weighted by molar-refractivity contribution is 7.92. The number of nitrogens with one attached hydrogen (secondary N) is 1. The summed E-state index contributed by atoms with van der Waals surface area (Å²) in [5.41, 5.74) is 0. The molecule has 2 aromatic rings. The van der Waals surface area contributed by atoms with Gasteiger partial charge >= 0.3 is 0 Å². The number of sulfone groups is 1. The number of nitrogens with zero attached hydrogens (tertiary/aromatic N) is 1. The van der Waals surface area contributed by atoms with Gasteiger partial charge in [-0.2, -0.15) is 0 Å². The van der Waals surface area contributed by atoms with Gasteiger partial charge in [0, 0.05) is 18.1 Å². The quantitative estimate of drug-likeness (QED) is 0.681. The molecule has 29 heavy (non-hydrogen) atoms. The normalized spacial score (nSPS) is 15.2. The second-order valence-electron chi connectivity index (χ2n) is 6.32. The smallest absolute Gasteiger partial charge is 0.241 e. The van der Waals surface area contributed by atoms with Gasteiger partial charge < -0.3 is 4.90 Å². The van der Waals surface area contributed by atoms with Gasteiger partial charge in [0.25, 0.3) is 0 Å². The van der Waals surface area contributed by atoms with E-state index >= 15 is 0 Å². The number of hydrogen-bond acceptors (Lipinski definition) is 5. The van der Waals surface area contributed by atoms with Crippen LogP contribution in [-0.4, -0.2) is 52.5 Å². The molecule has 1 saturated heterocycles. The average molecular weight is 481 g/mol. The molecule has 0 atom stereocenters. The molecule has 12 heteroatoms. The van der Waals surface area contributed by atoms with E-state index in [4.69, 9.17) is 23.2 Å². The molecule has 1 N–H and O–H groups in total. The van der Waals surface area contributed by atoms with E-state index in [0.29, 0.717) is 5.02 Å². The number of amides is 1. The van der Waals surface area contributed by atoms with Crippen molar-refractivity contribution < 1.29 is 26.0 Å². The van der Waals surface area contributed by atoms with Crippen LogP contribution >= 0.6 is 23.2 Å². The Morgan fingerprint density at radius 1 is 1.03 bits per heavy atom. The first kappa shape index (κ1) is 22.0. The van der Waals surface area contributed by atoms with E-state index in [0.717, 1.165) is 18.2 Å². The lowest BCUT2D eigenvalue weighted by Gasteiger charge is -2.38. The maximum atomic E-state index is 13.2. The first-order chi connectivity index (χ1) is 13.5. The van der Waals surface area contributed by atoms with Crippen LogP contribution in [0.5, 0.6) is 0 Å². The number of sulfonamides is 1. The predicted octanol–water partition coefficient (Wildman–Crippen LogP) is 2.10. The van der Waals surface area contributed by atoms with E-state index in [2.05, 4.69) is 4.72 Å². The Balaban J connectivity index is 1.58. The fourth-order valence-corrected chi connectivity index (χ4v) is 5.67. The Labute approximate surface area is 177 Å². The molecule has 1 heterocycles. The summed E-state index contributed by atoms with van der Waals surface area (Å²) in [7, 11) is -7.70. The fourth-order valence-electron chi connectivity index (χ4n) is 2.65. The molecule has 1 amide bonds. The van der Waals surface area contributed by atoms with Gasteiger partial charge in [-0.3, -0.25) is 4.79 Å². The number of carbonyl (C=O) groups is 1. The topological polar surface area (TPSA) is 101 Å². The SMILES string of the molecule is O=C(CNS(=O)(=O)c1ccc(F)c(Cl)c1)N1CC(S(=O)(=O)c2ccc(Cl)cc2)C1. The summed E-state index contributed by atoms with van der Waals surface area (Å²) in [4.78, 5) is 13.2. The van der Waals surface area contributed by atoms with Crippen LogP contribution < -0.4 is 4.72 Å². The molecule has 0 unspecified atom stereocenters. The Morgan fingerprint density at radius 3 is 2.21 bits per heavy atom. The van der Waals surface area contributed by atoms with E-state index in [1.54, 1.807) is 0 Å². The summed E-state index contributed by atoms with van der Waals surface area (Å²) in [6, 6.07) is 8.57. The average Bonchev–Trinajstić information content (AvgIpc) is 2.61. The summed E-state index contributed by atoms with van der Waals surface area (Å²) >= 11 is 11.3. The molecule has 7 nitrogen and oxygen atoms in total. The summed E-state index contributed by atoms with van der Waals surface area (Å²) < 4.78 is 64.7. The summed E-state index contributed by atoms with van der Waals surface area (Å²) in [5.74, 6) is -1.35. The maximum absolute atomic E-state index is 13.2. The van der Waals surface area contributed by atoms with Gasteiger partial charge in [0.2, 0.25) is 15.9 Å². The van der Waals surface area contributed by atoms with Crippen LogP contribution in [0, 0.1) is 5.82 Å². The van der Waals surface area contributed by atoms with Crippen molar-refractivity contribution in [2.75, 3.05) is 19.6 Å². The minimum Gasteiger partial charge on any atom is -0.339 e. The minimum atomic E-state index is -4.08. The molecule has 0 spiro atoms. The molecule has 1 aliphatic rings. The molecule has 0 aromatic heterocycles. The first-order valence-electron chi connectivity index (χ1n) is 8.22. The molecule has 2 aromatic carbocycles. The van der Waals surface area contributed by atoms with Crippen LogP contribution in [0.3, 0.4) is 0 Å². The maximum Gasteiger partial charge on any atom is 0.241 e. The zero-order valence-corrected chi connectivity index (χ0v) is 17.8. The Morgan fingerprint density at radius 2 is 1.62 bits per heavy atom. The van der Waals surface area contributed by atoms with Crippen LogP contribution in [0.4, 0.5) is 4.39 Å². The van der Waals surface area contributed by atoms with Gasteiger partial charge in [0.05, 0.1) is 21.4 Å². The zero-order chi connectivity index (χ0) is 21.4. The van der Waals surface area contributed by atoms with Crippen LogP contribution in [0.15, 0.2) is 52.3 Å². The highest BCUT2D eigenvalue weighted by atomic mass is 35.5. The lowest BCUT2D eigenvalue weighted by Crippen LogP contribution is -2.58. The molecular formula is C17H15Cl2FN2O5S2. The number of benzene rings is 2. The Kier molecular flexibility index (Phi) is 6.21. The molecule has 1 aliphatic heterocycles. The third-order valence-corrected chi connectivity index (χ3v) is 8.44. The van der Waals surface area contributed by atoms with E-state index in [1.807, 2.05) is 0 Å². The predicted molar refractivity (Wildman–Crippen MR) is 106 cm³/mol. The zero-order valence-electron chi connectivity index (χ0n) is 14.7. The van der Waals surface area contributed by atoms with Crippen molar-refractivity contribution in [1.82, 2.24) is 9.62 Å². The Bertz CT molecular complexity index is 1150. The van der Waals surface area contributed by atoms with Crippen molar-refractivity contribution >= 4 is 49.0 Å². The van der Waals surface area contributed by atoms with Crippen LogP contribution in [0.25, 0.3) is 0 Å². The summed E-state index contributed by atoms with van der Waals surface area (Å²) in [5, 5.41) is -0.735. The summed E-state index contributed by atoms with van der Waals surface area (Å²) in [6.45, 7) is -0.660. The van der Waals surface area contributed by atoms with E-state index < -0.39 is 43.4 Å². The van der Waals surface area contributed by atoms with Gasteiger partial charge in [-0.1, -0.05) is 23.2 Å². The molecule has 3 rings (SSSR count). The molecule has 0 saturated carbocycles. The highest BCUT2D eigenvalue weighted by Crippen LogP contribution is 2.25. The second-order valence-corrected chi connectivity index (χ2v) is 11.2. The monoisotopic (exact) mass is 480 g/mol. The van der Waals surface area contributed by atoms with Gasteiger partial charge in [-0.05, 0) is 42.5 Å². The lowest BCUT2D eigenvalue weighted by molar-refractivity contribution is -0.133. The number of carbonyl (C=O) groups excluding carboxylic acids is 1. The van der Waals surface area contributed by atoms with Gasteiger partial charge in [0.15, 0.2) is 9.84 Å². The van der Waals surface area contributed by atoms with E-state index in [-0.39, 0.29) is 27.9 Å². The standard InChI is InChI=1S/C17H15Cl2FN2O5S2/c18-11-1-3-12(4-2-11)28(24,25)14-9-22(10-14)17(23)8-21-29(26,27)13-5-6-16(20)15(19)7-13/h1-7,14,21H,8-10H2. The van der Waals surface area contributed by atoms with Crippen molar-refractivity contribution in [3.63, 3.8) is 0 Å². The van der Waals surface area contributed by atoms with Gasteiger partial charge in [-0.25, -0.2) is 25.9 Å². The minimum absolute atomic E-state index is 0.0477. The van der Waals surface area contributed by atoms with Gasteiger partial charge in [0.1, 0.15) is 11.1 Å². The molecule has 0 radical (unpaired) electrons. The first-order valence-corrected chi connectivity index (χ1v) is 12.0. The van der Waals surface area contributed by atoms with Crippen molar-refractivity contribution in [1.29, 1.82) is 0 Å². The van der Waals surface area contributed by atoms with Crippen LogP contribution in [0.2, 0.25) is 10.0 Å². The molecule has 1 fully saturated rings. The Hall–Kier alpha value is -1.72. The summed E-state index contributed by atoms with van der Waals surface area (Å²) in [6.07, 6.45) is 0. The van der Waals surface area contributed by atoms with Crippen LogP contribution in [0.1, 0.15) is 0 Å². The number of hydrogen-bond donors (Lipinski definition) is 1. The second kappa shape index (κ2) is 8.19. The highest BCUT2D eigenvalue weighted by Gasteiger charge is 2.40. The van der Waals surface area contributed by atoms with Crippen LogP contribution in [-0.2, 0) is 24.7 Å². The lowest BCUT2D eigenvalue weighted by atomic mass is 10.2. The van der Waals surface area contributed by atoms with Crippen molar-refractivity contribution in [2.24, 2.45) is 0 Å². The van der Waals surface area contributed by atoms with Gasteiger partial charge in [-0.15, -0.1) is 0 Å². The fraction of sp³-hybridized carbons (Fsp3) is 0.235. The van der Waals surface area contributed by atoms with E-state index in [1.165, 1.54) is 29.2 Å². The number of rotatable bonds is 6. The van der Waals surface area contributed by atoms with Crippen molar-refractivity contribution in [3.8, 4) is 0 Å². The number of likely N-dealkylation sites (tertiary alicyclic amines) is 1. The number of halogens is 3. The van der Waals surface area contributed by atoms with E-state index in [9.17, 15) is 26.0 Å². The molecule has 0 bridgehead atoms. The van der Waals surface area contributed by atoms with Crippen molar-refractivity contribution in [2.45, 2.75) is 15.0 Å². The molecule has 0 aliphatic carbocycles. The molecular weight excluding hydrogens is 466 g/mol. The largest absolute Gasteiger partial charge is 0.339 e. The third kappa shape index (κ3) is 4.72. The third-order valence-electron chi connectivity index (χ3n) is 4.40. The molecule has 156 valence electrons.